The molecule has 218 valence electrons. The van der Waals surface area contributed by atoms with E-state index < -0.39 is 12.0 Å². The zero-order valence-electron chi connectivity index (χ0n) is 23.5. The molecule has 4 fully saturated rings. The van der Waals surface area contributed by atoms with E-state index in [9.17, 15) is 9.50 Å². The third-order valence-electron chi connectivity index (χ3n) is 9.96. The third kappa shape index (κ3) is 4.36. The minimum absolute atomic E-state index is 0.0748. The van der Waals surface area contributed by atoms with Crippen LogP contribution in [0.1, 0.15) is 38.5 Å². The highest BCUT2D eigenvalue weighted by Crippen LogP contribution is 2.42. The van der Waals surface area contributed by atoms with Crippen molar-refractivity contribution < 1.29 is 18.6 Å². The number of phenols is 1. The second kappa shape index (κ2) is 10.0. The van der Waals surface area contributed by atoms with Crippen molar-refractivity contribution in [2.45, 2.75) is 62.3 Å². The summed E-state index contributed by atoms with van der Waals surface area (Å²) in [5, 5.41) is 16.5. The van der Waals surface area contributed by atoms with Gasteiger partial charge in [0.2, 0.25) is 0 Å². The van der Waals surface area contributed by atoms with Crippen molar-refractivity contribution in [3.63, 3.8) is 0 Å². The fourth-order valence-corrected chi connectivity index (χ4v) is 7.94. The fourth-order valence-electron chi connectivity index (χ4n) is 7.94. The highest BCUT2D eigenvalue weighted by atomic mass is 19.1. The number of phenolic OH excluding ortho intramolecular Hbond substituents is 1. The Morgan fingerprint density at radius 1 is 0.976 bits per heavy atom. The molecule has 5 heterocycles. The maximum Gasteiger partial charge on any atom is 0.319 e. The highest BCUT2D eigenvalue weighted by molar-refractivity contribution is 6.01. The first kappa shape index (κ1) is 26.1. The number of aromatic hydroxyl groups is 1. The Morgan fingerprint density at radius 2 is 1.86 bits per heavy atom. The van der Waals surface area contributed by atoms with Gasteiger partial charge in [-0.25, -0.2) is 8.78 Å². The van der Waals surface area contributed by atoms with E-state index in [0.29, 0.717) is 47.4 Å². The Morgan fingerprint density at radius 3 is 2.79 bits per heavy atom. The lowest BCUT2D eigenvalue weighted by Gasteiger charge is -2.31. The Balaban J connectivity index is 1.24. The first-order valence-corrected chi connectivity index (χ1v) is 15.2. The molecule has 0 radical (unpaired) electrons. The first-order valence-electron chi connectivity index (χ1n) is 15.2. The molecule has 1 aromatic heterocycles. The second-order valence-electron chi connectivity index (χ2n) is 12.6. The van der Waals surface area contributed by atoms with Gasteiger partial charge in [0.1, 0.15) is 29.9 Å². The van der Waals surface area contributed by atoms with Gasteiger partial charge in [0, 0.05) is 49.1 Å². The normalized spacial score (nSPS) is 27.6. The van der Waals surface area contributed by atoms with E-state index >= 15 is 4.39 Å². The smallest absolute Gasteiger partial charge is 0.319 e. The highest BCUT2D eigenvalue weighted by Gasteiger charge is 2.49. The van der Waals surface area contributed by atoms with Crippen LogP contribution in [0.4, 0.5) is 14.6 Å². The molecule has 8 rings (SSSR count). The molecule has 4 atom stereocenters. The third-order valence-corrected chi connectivity index (χ3v) is 9.96. The minimum atomic E-state index is -0.862. The molecule has 2 unspecified atom stereocenters. The molecule has 4 saturated heterocycles. The number of benzene rings is 3. The van der Waals surface area contributed by atoms with E-state index in [1.165, 1.54) is 6.42 Å². The van der Waals surface area contributed by atoms with E-state index in [1.54, 1.807) is 18.2 Å². The molecule has 0 spiro atoms. The molecule has 9 heteroatoms. The summed E-state index contributed by atoms with van der Waals surface area (Å²) >= 11 is 0. The van der Waals surface area contributed by atoms with Crippen LogP contribution in [0.25, 0.3) is 32.8 Å². The molecule has 2 bridgehead atoms. The quantitative estimate of drug-likeness (QED) is 0.324. The molecule has 0 aliphatic carbocycles. The van der Waals surface area contributed by atoms with Crippen LogP contribution in [0.3, 0.4) is 0 Å². The summed E-state index contributed by atoms with van der Waals surface area (Å²) in [5.41, 5.74) is 0.797. The number of anilines is 1. The van der Waals surface area contributed by atoms with Crippen molar-refractivity contribution in [1.29, 1.82) is 0 Å². The lowest BCUT2D eigenvalue weighted by Crippen LogP contribution is -2.43. The van der Waals surface area contributed by atoms with Crippen molar-refractivity contribution in [3.8, 4) is 22.9 Å². The summed E-state index contributed by atoms with van der Waals surface area (Å²) in [5.74, 6) is 0.272. The van der Waals surface area contributed by atoms with E-state index in [0.717, 1.165) is 56.1 Å². The lowest BCUT2D eigenvalue weighted by molar-refractivity contribution is 0.107. The average Bonchev–Trinajstić information content (AvgIpc) is 3.62. The minimum Gasteiger partial charge on any atom is -0.508 e. The van der Waals surface area contributed by atoms with Crippen LogP contribution in [0.15, 0.2) is 48.5 Å². The Hall–Kier alpha value is -3.56. The Labute approximate surface area is 243 Å². The van der Waals surface area contributed by atoms with E-state index in [2.05, 4.69) is 20.1 Å². The van der Waals surface area contributed by atoms with Gasteiger partial charge in [-0.2, -0.15) is 9.97 Å². The van der Waals surface area contributed by atoms with Crippen molar-refractivity contribution in [2.24, 2.45) is 0 Å². The molecule has 7 nitrogen and oxygen atoms in total. The number of ether oxygens (including phenoxy) is 1. The topological polar surface area (TPSA) is 73.8 Å². The molecule has 42 heavy (non-hydrogen) atoms. The Bertz CT molecular complexity index is 1680. The SMILES string of the molecule is Oc1cc(-c2ccc3c(N4CC[C@H]5CCC(C4)N5)nc(OC[C@@]45CCCN4CC(F)C5)nc3c2F)c2ccccc2c1. The largest absolute Gasteiger partial charge is 0.508 e. The van der Waals surface area contributed by atoms with Crippen LogP contribution < -0.4 is 15.0 Å². The Kier molecular flexibility index (Phi) is 6.23. The number of hydrogen-bond acceptors (Lipinski definition) is 7. The molecule has 2 N–H and O–H groups in total. The number of alkyl halides is 1. The molecule has 0 saturated carbocycles. The predicted octanol–water partition coefficient (Wildman–Crippen LogP) is 5.58. The maximum atomic E-state index is 16.7. The summed E-state index contributed by atoms with van der Waals surface area (Å²) in [4.78, 5) is 14.0. The molecule has 0 amide bonds. The van der Waals surface area contributed by atoms with Crippen LogP contribution in [-0.2, 0) is 0 Å². The van der Waals surface area contributed by atoms with Gasteiger partial charge in [0.05, 0.1) is 5.54 Å². The van der Waals surface area contributed by atoms with Crippen LogP contribution in [-0.4, -0.2) is 76.6 Å². The summed E-state index contributed by atoms with van der Waals surface area (Å²) < 4.78 is 37.4. The zero-order chi connectivity index (χ0) is 28.4. The van der Waals surface area contributed by atoms with Gasteiger partial charge in [0.25, 0.3) is 0 Å². The van der Waals surface area contributed by atoms with Crippen LogP contribution in [0.2, 0.25) is 0 Å². The van der Waals surface area contributed by atoms with E-state index in [4.69, 9.17) is 9.72 Å². The summed E-state index contributed by atoms with van der Waals surface area (Å²) in [6.07, 6.45) is 4.75. The van der Waals surface area contributed by atoms with Crippen molar-refractivity contribution in [1.82, 2.24) is 20.2 Å². The van der Waals surface area contributed by atoms with Gasteiger partial charge in [-0.3, -0.25) is 4.90 Å². The second-order valence-corrected chi connectivity index (χ2v) is 12.6. The van der Waals surface area contributed by atoms with Crippen molar-refractivity contribution in [3.05, 3.63) is 54.3 Å². The zero-order valence-corrected chi connectivity index (χ0v) is 23.5. The monoisotopic (exact) mass is 571 g/mol. The predicted molar refractivity (Wildman–Crippen MR) is 159 cm³/mol. The number of fused-ring (bicyclic) bond motifs is 5. The van der Waals surface area contributed by atoms with Gasteiger partial charge < -0.3 is 20.1 Å². The number of nitrogens with one attached hydrogen (secondary N) is 1. The fraction of sp³-hybridized carbons (Fsp3) is 0.455. The van der Waals surface area contributed by atoms with Crippen molar-refractivity contribution >= 4 is 27.5 Å². The summed E-state index contributed by atoms with van der Waals surface area (Å²) in [6, 6.07) is 15.6. The van der Waals surface area contributed by atoms with E-state index in [-0.39, 0.29) is 29.4 Å². The van der Waals surface area contributed by atoms with Gasteiger partial charge in [-0.05, 0) is 73.2 Å². The summed E-state index contributed by atoms with van der Waals surface area (Å²) in [6.45, 7) is 3.17. The number of rotatable bonds is 5. The van der Waals surface area contributed by atoms with Gasteiger partial charge in [-0.15, -0.1) is 0 Å². The molecule has 3 aromatic carbocycles. The number of aromatic nitrogens is 2. The van der Waals surface area contributed by atoms with Gasteiger partial charge in [0.15, 0.2) is 5.82 Å². The molecule has 4 aromatic rings. The molecule has 4 aliphatic rings. The molecular formula is C33H35F2N5O2. The van der Waals surface area contributed by atoms with Crippen LogP contribution in [0.5, 0.6) is 11.8 Å². The van der Waals surface area contributed by atoms with E-state index in [1.807, 2.05) is 30.3 Å². The molecule has 4 aliphatic heterocycles. The van der Waals surface area contributed by atoms with Crippen LogP contribution >= 0.6 is 0 Å². The average molecular weight is 572 g/mol. The number of hydrogen-bond donors (Lipinski definition) is 2. The van der Waals surface area contributed by atoms with Gasteiger partial charge in [-0.1, -0.05) is 30.3 Å². The maximum absolute atomic E-state index is 16.7. The lowest BCUT2D eigenvalue weighted by atomic mass is 9.95. The van der Waals surface area contributed by atoms with Crippen molar-refractivity contribution in [2.75, 3.05) is 37.7 Å². The summed E-state index contributed by atoms with van der Waals surface area (Å²) in [7, 11) is 0. The first-order chi connectivity index (χ1) is 20.5. The molecular weight excluding hydrogens is 536 g/mol. The van der Waals surface area contributed by atoms with Crippen LogP contribution in [0, 0.1) is 5.82 Å². The standard InChI is InChI=1S/C33H35F2N5O2/c34-21-16-33(11-3-12-40(33)17-21)19-42-32-37-30-27(31(38-32)39-13-10-22-6-7-23(18-39)36-22)9-8-26(29(30)35)28-15-24(41)14-20-4-1-2-5-25(20)28/h1-2,4-5,8-9,14-15,21-23,36,41H,3,6-7,10-13,16-19H2/t21?,22-,23?,33+/m1/s1. The number of nitrogens with zero attached hydrogens (tertiary/aromatic N) is 4. The van der Waals surface area contributed by atoms with Gasteiger partial charge >= 0.3 is 6.01 Å². The number of halogens is 2.